The number of nitrogens with two attached hydrogens (primary N) is 1. The predicted octanol–water partition coefficient (Wildman–Crippen LogP) is 0.654. The maximum atomic E-state index is 12.5. The molecule has 4 atom stereocenters. The molecule has 5 nitrogen and oxygen atoms in total. The highest BCUT2D eigenvalue weighted by Crippen LogP contribution is 2.58. The second kappa shape index (κ2) is 5.62. The second-order valence-electron chi connectivity index (χ2n) is 6.96. The Balaban J connectivity index is 1.86. The summed E-state index contributed by atoms with van der Waals surface area (Å²) in [5.41, 5.74) is 5.33. The maximum Gasteiger partial charge on any atom is 0.241 e. The van der Waals surface area contributed by atoms with Crippen LogP contribution in [0.5, 0.6) is 0 Å². The lowest BCUT2D eigenvalue weighted by Gasteiger charge is -2.60. The van der Waals surface area contributed by atoms with Crippen LogP contribution < -0.4 is 11.1 Å². The molecule has 1 aliphatic heterocycles. The first-order valence-electron chi connectivity index (χ1n) is 7.65. The van der Waals surface area contributed by atoms with E-state index < -0.39 is 5.54 Å². The van der Waals surface area contributed by atoms with Crippen LogP contribution in [0.4, 0.5) is 0 Å². The molecule has 4 unspecified atom stereocenters. The third-order valence-corrected chi connectivity index (χ3v) is 5.30. The summed E-state index contributed by atoms with van der Waals surface area (Å²) in [5, 5.41) is 11.9. The third kappa shape index (κ3) is 2.26. The van der Waals surface area contributed by atoms with Gasteiger partial charge in [-0.1, -0.05) is 20.8 Å². The van der Waals surface area contributed by atoms with E-state index in [0.29, 0.717) is 13.2 Å². The van der Waals surface area contributed by atoms with Crippen LogP contribution in [0.2, 0.25) is 0 Å². The van der Waals surface area contributed by atoms with E-state index >= 15 is 0 Å². The number of rotatable bonds is 6. The summed E-state index contributed by atoms with van der Waals surface area (Å²) in [7, 11) is 0. The normalized spacial score (nSPS) is 36.0. The maximum absolute atomic E-state index is 12.5. The lowest BCUT2D eigenvalue weighted by molar-refractivity contribution is -0.175. The SMILES string of the molecule is CC(CO)CCCNC(=O)C1(N)C2CCOC2C1(C)C. The number of carbonyl (C=O) groups excluding carboxylic acids is 1. The number of aliphatic hydroxyl groups excluding tert-OH is 1. The van der Waals surface area contributed by atoms with Crippen molar-refractivity contribution in [2.24, 2.45) is 23.0 Å². The number of amides is 1. The Hall–Kier alpha value is -0.650. The molecule has 5 heteroatoms. The predicted molar refractivity (Wildman–Crippen MR) is 77.0 cm³/mol. The van der Waals surface area contributed by atoms with Gasteiger partial charge in [-0.2, -0.15) is 0 Å². The number of ether oxygens (including phenoxy) is 1. The highest BCUT2D eigenvalue weighted by atomic mass is 16.5. The molecule has 1 amide bonds. The summed E-state index contributed by atoms with van der Waals surface area (Å²) >= 11 is 0. The molecule has 2 aliphatic rings. The van der Waals surface area contributed by atoms with Crippen LogP contribution in [-0.2, 0) is 9.53 Å². The average molecular weight is 284 g/mol. The van der Waals surface area contributed by atoms with Gasteiger partial charge in [0.05, 0.1) is 6.10 Å². The van der Waals surface area contributed by atoms with Gasteiger partial charge in [0, 0.05) is 31.1 Å². The van der Waals surface area contributed by atoms with E-state index in [9.17, 15) is 4.79 Å². The van der Waals surface area contributed by atoms with Crippen LogP contribution in [-0.4, -0.2) is 42.4 Å². The van der Waals surface area contributed by atoms with Crippen LogP contribution in [0.15, 0.2) is 0 Å². The highest BCUT2D eigenvalue weighted by molar-refractivity contribution is 5.89. The number of nitrogens with one attached hydrogen (secondary N) is 1. The quantitative estimate of drug-likeness (QED) is 0.625. The fourth-order valence-electron chi connectivity index (χ4n) is 3.74. The molecular formula is C15H28N2O3. The van der Waals surface area contributed by atoms with E-state index in [-0.39, 0.29) is 35.9 Å². The molecule has 0 spiro atoms. The lowest BCUT2D eigenvalue weighted by Crippen LogP contribution is -2.80. The first-order chi connectivity index (χ1) is 9.35. The molecule has 4 N–H and O–H groups in total. The van der Waals surface area contributed by atoms with Crippen molar-refractivity contribution in [1.82, 2.24) is 5.32 Å². The number of aliphatic hydroxyl groups is 1. The van der Waals surface area contributed by atoms with Crippen molar-refractivity contribution >= 4 is 5.91 Å². The Morgan fingerprint density at radius 1 is 1.55 bits per heavy atom. The molecule has 0 aromatic heterocycles. The van der Waals surface area contributed by atoms with Crippen LogP contribution in [0.1, 0.15) is 40.0 Å². The molecule has 1 heterocycles. The van der Waals surface area contributed by atoms with Crippen molar-refractivity contribution in [3.05, 3.63) is 0 Å². The average Bonchev–Trinajstić information content (AvgIpc) is 2.90. The summed E-state index contributed by atoms with van der Waals surface area (Å²) in [5.74, 6) is 0.381. The first kappa shape index (κ1) is 15.7. The lowest BCUT2D eigenvalue weighted by atomic mass is 9.48. The standard InChI is InChI=1S/C15H28N2O3/c1-10(9-18)5-4-7-17-13(19)15(16)11-6-8-20-12(11)14(15,2)3/h10-12,18H,4-9,16H2,1-3H3,(H,17,19). The van der Waals surface area contributed by atoms with Crippen molar-refractivity contribution in [3.8, 4) is 0 Å². The Morgan fingerprint density at radius 2 is 2.25 bits per heavy atom. The van der Waals surface area contributed by atoms with E-state index in [1.54, 1.807) is 0 Å². The Bertz CT molecular complexity index is 372. The molecular weight excluding hydrogens is 256 g/mol. The monoisotopic (exact) mass is 284 g/mol. The van der Waals surface area contributed by atoms with Gasteiger partial charge in [0.2, 0.25) is 5.91 Å². The van der Waals surface area contributed by atoms with Gasteiger partial charge >= 0.3 is 0 Å². The molecule has 2 rings (SSSR count). The smallest absolute Gasteiger partial charge is 0.241 e. The van der Waals surface area contributed by atoms with Crippen molar-refractivity contribution in [2.45, 2.75) is 51.7 Å². The zero-order valence-corrected chi connectivity index (χ0v) is 12.8. The van der Waals surface area contributed by atoms with Crippen molar-refractivity contribution < 1.29 is 14.6 Å². The molecule has 0 radical (unpaired) electrons. The minimum Gasteiger partial charge on any atom is -0.396 e. The van der Waals surface area contributed by atoms with Crippen molar-refractivity contribution in [3.63, 3.8) is 0 Å². The van der Waals surface area contributed by atoms with E-state index in [1.807, 2.05) is 20.8 Å². The fraction of sp³-hybridized carbons (Fsp3) is 0.933. The molecule has 116 valence electrons. The minimum atomic E-state index is -0.809. The van der Waals surface area contributed by atoms with E-state index in [0.717, 1.165) is 19.3 Å². The van der Waals surface area contributed by atoms with Gasteiger partial charge in [-0.3, -0.25) is 4.79 Å². The third-order valence-electron chi connectivity index (χ3n) is 5.30. The summed E-state index contributed by atoms with van der Waals surface area (Å²) in [6.07, 6.45) is 2.77. The van der Waals surface area contributed by atoms with Gasteiger partial charge < -0.3 is 20.9 Å². The molecule has 0 aromatic carbocycles. The van der Waals surface area contributed by atoms with Crippen molar-refractivity contribution in [1.29, 1.82) is 0 Å². The molecule has 2 fully saturated rings. The zero-order chi connectivity index (χ0) is 15.0. The first-order valence-corrected chi connectivity index (χ1v) is 7.65. The Morgan fingerprint density at radius 3 is 2.90 bits per heavy atom. The van der Waals surface area contributed by atoms with Crippen LogP contribution >= 0.6 is 0 Å². The van der Waals surface area contributed by atoms with Gasteiger partial charge in [-0.15, -0.1) is 0 Å². The summed E-state index contributed by atoms with van der Waals surface area (Å²) in [6, 6.07) is 0. The van der Waals surface area contributed by atoms with Gasteiger partial charge in [0.25, 0.3) is 0 Å². The number of fused-ring (bicyclic) bond motifs is 1. The number of carbonyl (C=O) groups is 1. The van der Waals surface area contributed by atoms with Gasteiger partial charge in [0.1, 0.15) is 5.54 Å². The van der Waals surface area contributed by atoms with Crippen LogP contribution in [0.25, 0.3) is 0 Å². The van der Waals surface area contributed by atoms with E-state index in [4.69, 9.17) is 15.6 Å². The molecule has 1 saturated carbocycles. The second-order valence-corrected chi connectivity index (χ2v) is 6.96. The zero-order valence-electron chi connectivity index (χ0n) is 12.8. The van der Waals surface area contributed by atoms with E-state index in [2.05, 4.69) is 5.32 Å². The van der Waals surface area contributed by atoms with E-state index in [1.165, 1.54) is 0 Å². The Labute approximate surface area is 121 Å². The topological polar surface area (TPSA) is 84.6 Å². The molecule has 0 aromatic rings. The molecule has 1 saturated heterocycles. The van der Waals surface area contributed by atoms with Gasteiger partial charge in [-0.25, -0.2) is 0 Å². The van der Waals surface area contributed by atoms with Crippen molar-refractivity contribution in [2.75, 3.05) is 19.8 Å². The van der Waals surface area contributed by atoms with Crippen LogP contribution in [0, 0.1) is 17.3 Å². The number of hydrogen-bond donors (Lipinski definition) is 3. The highest BCUT2D eigenvalue weighted by Gasteiger charge is 2.71. The summed E-state index contributed by atoms with van der Waals surface area (Å²) in [4.78, 5) is 12.5. The largest absolute Gasteiger partial charge is 0.396 e. The molecule has 20 heavy (non-hydrogen) atoms. The number of hydrogen-bond acceptors (Lipinski definition) is 4. The van der Waals surface area contributed by atoms with Gasteiger partial charge in [0.15, 0.2) is 0 Å². The molecule has 1 aliphatic carbocycles. The van der Waals surface area contributed by atoms with Gasteiger partial charge in [-0.05, 0) is 25.2 Å². The fourth-order valence-corrected chi connectivity index (χ4v) is 3.74. The molecule has 0 bridgehead atoms. The van der Waals surface area contributed by atoms with Crippen LogP contribution in [0.3, 0.4) is 0 Å². The summed E-state index contributed by atoms with van der Waals surface area (Å²) < 4.78 is 5.70. The Kier molecular flexibility index (Phi) is 4.42. The minimum absolute atomic E-state index is 0.0501. The summed E-state index contributed by atoms with van der Waals surface area (Å²) in [6.45, 7) is 7.57.